The van der Waals surface area contributed by atoms with Gasteiger partial charge in [0, 0.05) is 12.7 Å². The second-order valence-corrected chi connectivity index (χ2v) is 7.38. The fraction of sp³-hybridized carbons (Fsp3) is 0.190. The van der Waals surface area contributed by atoms with Crippen LogP contribution in [-0.4, -0.2) is 32.7 Å². The first kappa shape index (κ1) is 20.5. The molecule has 0 fully saturated rings. The van der Waals surface area contributed by atoms with Crippen LogP contribution >= 0.6 is 11.8 Å². The van der Waals surface area contributed by atoms with Crippen molar-refractivity contribution in [2.24, 2.45) is 7.05 Å². The highest BCUT2D eigenvalue weighted by atomic mass is 32.2. The van der Waals surface area contributed by atoms with Gasteiger partial charge in [0.2, 0.25) is 11.8 Å². The van der Waals surface area contributed by atoms with Gasteiger partial charge in [-0.25, -0.2) is 4.68 Å². The van der Waals surface area contributed by atoms with Gasteiger partial charge in [-0.05, 0) is 31.2 Å². The minimum Gasteiger partial charge on any atom is -0.325 e. The van der Waals surface area contributed by atoms with Gasteiger partial charge in [-0.1, -0.05) is 36.4 Å². The van der Waals surface area contributed by atoms with Crippen LogP contribution in [0.15, 0.2) is 65.5 Å². The van der Waals surface area contributed by atoms with Crippen LogP contribution in [0.25, 0.3) is 5.69 Å². The summed E-state index contributed by atoms with van der Waals surface area (Å²) in [5, 5.41) is 5.45. The molecule has 0 aliphatic carbocycles. The summed E-state index contributed by atoms with van der Waals surface area (Å²) in [5.74, 6) is -0.295. The highest BCUT2D eigenvalue weighted by molar-refractivity contribution is 8.00. The Balaban J connectivity index is 1.58. The molecule has 3 aromatic rings. The van der Waals surface area contributed by atoms with E-state index in [0.29, 0.717) is 11.4 Å². The molecule has 2 N–H and O–H groups in total. The van der Waals surface area contributed by atoms with Crippen LogP contribution in [0, 0.1) is 6.92 Å². The number of para-hydroxylation sites is 2. The molecule has 0 radical (unpaired) electrons. The Kier molecular flexibility index (Phi) is 6.56. The van der Waals surface area contributed by atoms with E-state index in [1.54, 1.807) is 30.8 Å². The summed E-state index contributed by atoms with van der Waals surface area (Å²) in [6.45, 7) is 1.77. The van der Waals surface area contributed by atoms with Crippen molar-refractivity contribution in [3.05, 3.63) is 76.7 Å². The molecule has 29 heavy (non-hydrogen) atoms. The lowest BCUT2D eigenvalue weighted by Gasteiger charge is -2.07. The number of rotatable bonds is 7. The molecule has 2 amide bonds. The summed E-state index contributed by atoms with van der Waals surface area (Å²) >= 11 is 1.19. The Hall–Kier alpha value is -3.26. The van der Waals surface area contributed by atoms with Crippen LogP contribution < -0.4 is 16.2 Å². The van der Waals surface area contributed by atoms with E-state index in [2.05, 4.69) is 10.6 Å². The number of nitrogens with zero attached hydrogens (tertiary/aromatic N) is 2. The lowest BCUT2D eigenvalue weighted by atomic mass is 10.3. The third-order valence-electron chi connectivity index (χ3n) is 4.34. The topological polar surface area (TPSA) is 85.1 Å². The van der Waals surface area contributed by atoms with Crippen molar-refractivity contribution >= 4 is 35.0 Å². The molecule has 0 atom stereocenters. The largest absolute Gasteiger partial charge is 0.325 e. The van der Waals surface area contributed by atoms with Crippen LogP contribution in [0.3, 0.4) is 0 Å². The van der Waals surface area contributed by atoms with Gasteiger partial charge in [0.1, 0.15) is 5.69 Å². The molecule has 2 aromatic carbocycles. The highest BCUT2D eigenvalue weighted by Crippen LogP contribution is 2.14. The third kappa shape index (κ3) is 4.97. The maximum atomic E-state index is 12.8. The molecule has 0 saturated heterocycles. The van der Waals surface area contributed by atoms with Gasteiger partial charge in [0.15, 0.2) is 0 Å². The molecular formula is C21H22N4O3S. The fourth-order valence-electron chi connectivity index (χ4n) is 2.84. The zero-order valence-corrected chi connectivity index (χ0v) is 17.0. The van der Waals surface area contributed by atoms with Crippen molar-refractivity contribution in [1.29, 1.82) is 0 Å². The average molecular weight is 410 g/mol. The van der Waals surface area contributed by atoms with Gasteiger partial charge >= 0.3 is 0 Å². The number of hydrogen-bond acceptors (Lipinski definition) is 4. The van der Waals surface area contributed by atoms with Gasteiger partial charge in [-0.2, -0.15) is 0 Å². The van der Waals surface area contributed by atoms with E-state index >= 15 is 0 Å². The molecular weight excluding hydrogens is 388 g/mol. The van der Waals surface area contributed by atoms with E-state index in [-0.39, 0.29) is 34.6 Å². The van der Waals surface area contributed by atoms with Crippen LogP contribution in [0.4, 0.5) is 11.4 Å². The average Bonchev–Trinajstić information content (AvgIpc) is 2.92. The molecule has 0 bridgehead atoms. The van der Waals surface area contributed by atoms with E-state index in [1.165, 1.54) is 16.4 Å². The van der Waals surface area contributed by atoms with E-state index < -0.39 is 0 Å². The van der Waals surface area contributed by atoms with E-state index in [4.69, 9.17) is 0 Å². The quantitative estimate of drug-likeness (QED) is 0.627. The van der Waals surface area contributed by atoms with Crippen LogP contribution in [0.1, 0.15) is 5.69 Å². The minimum atomic E-state index is -0.325. The number of carbonyl (C=O) groups is 2. The van der Waals surface area contributed by atoms with Crippen molar-refractivity contribution in [1.82, 2.24) is 9.36 Å². The predicted octanol–water partition coefficient (Wildman–Crippen LogP) is 2.79. The predicted molar refractivity (Wildman–Crippen MR) is 117 cm³/mol. The lowest BCUT2D eigenvalue weighted by Crippen LogP contribution is -2.24. The molecule has 150 valence electrons. The van der Waals surface area contributed by atoms with Crippen molar-refractivity contribution in [2.75, 3.05) is 22.1 Å². The number of benzene rings is 2. The Morgan fingerprint density at radius 3 is 2.07 bits per heavy atom. The van der Waals surface area contributed by atoms with Gasteiger partial charge < -0.3 is 10.6 Å². The zero-order valence-electron chi connectivity index (χ0n) is 16.2. The SMILES string of the molecule is Cc1c(NC(=O)CSCC(=O)Nc2ccccc2)c(=O)n(-c2ccccc2)n1C. The summed E-state index contributed by atoms with van der Waals surface area (Å²) in [6, 6.07) is 18.3. The normalized spacial score (nSPS) is 10.6. The maximum Gasteiger partial charge on any atom is 0.295 e. The summed E-state index contributed by atoms with van der Waals surface area (Å²) in [5.41, 5.74) is 2.03. The molecule has 0 saturated carbocycles. The summed E-state index contributed by atoms with van der Waals surface area (Å²) in [7, 11) is 1.77. The molecule has 7 nitrogen and oxygen atoms in total. The first-order valence-electron chi connectivity index (χ1n) is 9.04. The second kappa shape index (κ2) is 9.29. The number of nitrogens with one attached hydrogen (secondary N) is 2. The third-order valence-corrected chi connectivity index (χ3v) is 5.28. The van der Waals surface area contributed by atoms with Crippen molar-refractivity contribution in [3.63, 3.8) is 0 Å². The number of aromatic nitrogens is 2. The minimum absolute atomic E-state index is 0.0708. The van der Waals surface area contributed by atoms with Gasteiger partial charge in [0.05, 0.1) is 22.9 Å². The fourth-order valence-corrected chi connectivity index (χ4v) is 3.46. The number of amides is 2. The Morgan fingerprint density at radius 2 is 1.45 bits per heavy atom. The smallest absolute Gasteiger partial charge is 0.295 e. The molecule has 0 aliphatic heterocycles. The van der Waals surface area contributed by atoms with E-state index in [1.807, 2.05) is 48.5 Å². The van der Waals surface area contributed by atoms with Gasteiger partial charge in [-0.15, -0.1) is 11.8 Å². The number of hydrogen-bond donors (Lipinski definition) is 2. The van der Waals surface area contributed by atoms with Crippen LogP contribution in [0.2, 0.25) is 0 Å². The molecule has 1 heterocycles. The molecule has 0 unspecified atom stereocenters. The first-order valence-corrected chi connectivity index (χ1v) is 10.2. The molecule has 8 heteroatoms. The van der Waals surface area contributed by atoms with Gasteiger partial charge in [0.25, 0.3) is 5.56 Å². The van der Waals surface area contributed by atoms with Crippen molar-refractivity contribution < 1.29 is 9.59 Å². The van der Waals surface area contributed by atoms with Crippen LogP contribution in [0.5, 0.6) is 0 Å². The molecule has 0 spiro atoms. The Labute approximate surface area is 172 Å². The Morgan fingerprint density at radius 1 is 0.897 bits per heavy atom. The monoisotopic (exact) mass is 410 g/mol. The van der Waals surface area contributed by atoms with E-state index in [9.17, 15) is 14.4 Å². The summed E-state index contributed by atoms with van der Waals surface area (Å²) < 4.78 is 3.21. The van der Waals surface area contributed by atoms with Crippen LogP contribution in [-0.2, 0) is 16.6 Å². The number of anilines is 2. The molecule has 0 aliphatic rings. The Bertz CT molecular complexity index is 1060. The standard InChI is InChI=1S/C21H22N4O3S/c1-15-20(21(28)25(24(15)2)17-11-7-4-8-12-17)23-19(27)14-29-13-18(26)22-16-9-5-3-6-10-16/h3-12H,13-14H2,1-2H3,(H,22,26)(H,23,27). The first-order chi connectivity index (χ1) is 14.0. The van der Waals surface area contributed by atoms with Crippen molar-refractivity contribution in [3.8, 4) is 5.69 Å². The maximum absolute atomic E-state index is 12.8. The zero-order chi connectivity index (χ0) is 20.8. The highest BCUT2D eigenvalue weighted by Gasteiger charge is 2.18. The molecule has 3 rings (SSSR count). The molecule has 1 aromatic heterocycles. The number of carbonyl (C=O) groups excluding carboxylic acids is 2. The second-order valence-electron chi connectivity index (χ2n) is 6.39. The van der Waals surface area contributed by atoms with E-state index in [0.717, 1.165) is 5.69 Å². The van der Waals surface area contributed by atoms with Gasteiger partial charge in [-0.3, -0.25) is 19.1 Å². The summed E-state index contributed by atoms with van der Waals surface area (Å²) in [4.78, 5) is 37.0. The number of thioether (sulfide) groups is 1. The lowest BCUT2D eigenvalue weighted by molar-refractivity contribution is -0.114. The van der Waals surface area contributed by atoms with Crippen molar-refractivity contribution in [2.45, 2.75) is 6.92 Å². The summed E-state index contributed by atoms with van der Waals surface area (Å²) in [6.07, 6.45) is 0.